The highest BCUT2D eigenvalue weighted by molar-refractivity contribution is 6.06. The van der Waals surface area contributed by atoms with E-state index in [9.17, 15) is 14.7 Å². The van der Waals surface area contributed by atoms with E-state index in [1.165, 1.54) is 6.26 Å². The fourth-order valence-electron chi connectivity index (χ4n) is 3.32. The molecule has 0 saturated carbocycles. The lowest BCUT2D eigenvalue weighted by Crippen LogP contribution is -2.45. The van der Waals surface area contributed by atoms with E-state index >= 15 is 0 Å². The maximum atomic E-state index is 12.9. The Morgan fingerprint density at radius 1 is 1.22 bits per heavy atom. The van der Waals surface area contributed by atoms with E-state index in [2.05, 4.69) is 0 Å². The van der Waals surface area contributed by atoms with E-state index in [1.807, 2.05) is 32.9 Å². The number of rotatable bonds is 2. The van der Waals surface area contributed by atoms with Crippen molar-refractivity contribution < 1.29 is 19.1 Å². The molecule has 23 heavy (non-hydrogen) atoms. The number of aryl methyl sites for hydroxylation is 2. The number of hydrogen-bond donors (Lipinski definition) is 1. The quantitative estimate of drug-likeness (QED) is 0.923. The number of benzene rings is 1. The number of hydrogen-bond acceptors (Lipinski definition) is 3. The second kappa shape index (κ2) is 5.72. The van der Waals surface area contributed by atoms with Crippen molar-refractivity contribution in [2.24, 2.45) is 11.8 Å². The highest BCUT2D eigenvalue weighted by Crippen LogP contribution is 2.28. The number of piperidine rings is 1. The summed E-state index contributed by atoms with van der Waals surface area (Å²) in [4.78, 5) is 25.8. The normalized spacial score (nSPS) is 21.6. The standard InChI is InChI=1S/C18H21NO4/c1-10-4-13(18(21)22)8-19(7-10)17(20)15-9-23-16-6-12(3)11(2)5-14(15)16/h5-6,9-10,13H,4,7-8H2,1-3H3,(H,21,22). The van der Waals surface area contributed by atoms with Crippen molar-refractivity contribution >= 4 is 22.8 Å². The number of likely N-dealkylation sites (tertiary alicyclic amines) is 1. The zero-order valence-corrected chi connectivity index (χ0v) is 13.6. The van der Waals surface area contributed by atoms with Crippen LogP contribution < -0.4 is 0 Å². The third kappa shape index (κ3) is 2.83. The second-order valence-electron chi connectivity index (χ2n) is 6.67. The summed E-state index contributed by atoms with van der Waals surface area (Å²) < 4.78 is 5.53. The van der Waals surface area contributed by atoms with Crippen molar-refractivity contribution in [2.45, 2.75) is 27.2 Å². The van der Waals surface area contributed by atoms with E-state index in [-0.39, 0.29) is 18.4 Å². The van der Waals surface area contributed by atoms with Crippen LogP contribution >= 0.6 is 0 Å². The summed E-state index contributed by atoms with van der Waals surface area (Å²) in [5.41, 5.74) is 3.42. The number of carboxylic acid groups (broad SMARTS) is 1. The van der Waals surface area contributed by atoms with Crippen LogP contribution in [-0.4, -0.2) is 35.0 Å². The largest absolute Gasteiger partial charge is 0.481 e. The van der Waals surface area contributed by atoms with Gasteiger partial charge in [0.05, 0.1) is 11.5 Å². The number of furan rings is 1. The van der Waals surface area contributed by atoms with Gasteiger partial charge in [0.1, 0.15) is 11.8 Å². The van der Waals surface area contributed by atoms with E-state index in [0.29, 0.717) is 24.1 Å². The molecule has 1 aliphatic rings. The van der Waals surface area contributed by atoms with Gasteiger partial charge >= 0.3 is 5.97 Å². The molecule has 1 fully saturated rings. The Balaban J connectivity index is 1.94. The fourth-order valence-corrected chi connectivity index (χ4v) is 3.32. The molecule has 0 radical (unpaired) electrons. The molecule has 0 aliphatic carbocycles. The number of carbonyl (C=O) groups excluding carboxylic acids is 1. The van der Waals surface area contributed by atoms with Gasteiger partial charge in [-0.25, -0.2) is 0 Å². The summed E-state index contributed by atoms with van der Waals surface area (Å²) in [6.07, 6.45) is 2.10. The Kier molecular flexibility index (Phi) is 3.88. The third-order valence-electron chi connectivity index (χ3n) is 4.72. The average Bonchev–Trinajstić information content (AvgIpc) is 2.89. The zero-order valence-electron chi connectivity index (χ0n) is 13.6. The van der Waals surface area contributed by atoms with E-state index in [4.69, 9.17) is 4.42 Å². The Bertz CT molecular complexity index is 777. The second-order valence-corrected chi connectivity index (χ2v) is 6.67. The Morgan fingerprint density at radius 2 is 1.91 bits per heavy atom. The predicted molar refractivity (Wildman–Crippen MR) is 86.5 cm³/mol. The Morgan fingerprint density at radius 3 is 2.61 bits per heavy atom. The number of carbonyl (C=O) groups is 2. The minimum atomic E-state index is -0.835. The molecule has 2 unspecified atom stereocenters. The lowest BCUT2D eigenvalue weighted by Gasteiger charge is -2.34. The summed E-state index contributed by atoms with van der Waals surface area (Å²) in [6.45, 7) is 6.83. The van der Waals surface area contributed by atoms with Crippen molar-refractivity contribution in [1.29, 1.82) is 0 Å². The first-order chi connectivity index (χ1) is 10.9. The van der Waals surface area contributed by atoms with Gasteiger partial charge in [-0.1, -0.05) is 6.92 Å². The Labute approximate surface area is 134 Å². The van der Waals surface area contributed by atoms with Crippen molar-refractivity contribution in [3.63, 3.8) is 0 Å². The minimum absolute atomic E-state index is 0.148. The molecule has 0 bridgehead atoms. The van der Waals surface area contributed by atoms with Crippen LogP contribution in [0.5, 0.6) is 0 Å². The van der Waals surface area contributed by atoms with Crippen LogP contribution in [0.25, 0.3) is 11.0 Å². The van der Waals surface area contributed by atoms with Crippen LogP contribution in [0.1, 0.15) is 34.8 Å². The van der Waals surface area contributed by atoms with Crippen molar-refractivity contribution in [3.05, 3.63) is 35.1 Å². The van der Waals surface area contributed by atoms with Gasteiger partial charge in [-0.15, -0.1) is 0 Å². The average molecular weight is 315 g/mol. The molecule has 5 nitrogen and oxygen atoms in total. The molecule has 2 aromatic rings. The highest BCUT2D eigenvalue weighted by Gasteiger charge is 2.33. The van der Waals surface area contributed by atoms with Crippen molar-refractivity contribution in [3.8, 4) is 0 Å². The molecular weight excluding hydrogens is 294 g/mol. The first kappa shape index (κ1) is 15.6. The molecule has 1 aliphatic heterocycles. The van der Waals surface area contributed by atoms with Gasteiger partial charge < -0.3 is 14.4 Å². The monoisotopic (exact) mass is 315 g/mol. The maximum absolute atomic E-state index is 12.9. The molecule has 2 heterocycles. The fraction of sp³-hybridized carbons (Fsp3) is 0.444. The van der Waals surface area contributed by atoms with E-state index < -0.39 is 11.9 Å². The van der Waals surface area contributed by atoms with Gasteiger partial charge in [0, 0.05) is 18.5 Å². The van der Waals surface area contributed by atoms with E-state index in [1.54, 1.807) is 4.90 Å². The predicted octanol–water partition coefficient (Wildman–Crippen LogP) is 3.23. The minimum Gasteiger partial charge on any atom is -0.481 e. The summed E-state index contributed by atoms with van der Waals surface area (Å²) in [6, 6.07) is 3.89. The first-order valence-corrected chi connectivity index (χ1v) is 7.87. The molecule has 5 heteroatoms. The number of carboxylic acids is 1. The van der Waals surface area contributed by atoms with Crippen LogP contribution in [0.15, 0.2) is 22.8 Å². The molecule has 1 aromatic carbocycles. The van der Waals surface area contributed by atoms with Gasteiger partial charge in [-0.3, -0.25) is 9.59 Å². The first-order valence-electron chi connectivity index (χ1n) is 7.87. The number of aliphatic carboxylic acids is 1. The van der Waals surface area contributed by atoms with Gasteiger partial charge in [-0.05, 0) is 49.4 Å². The van der Waals surface area contributed by atoms with Crippen molar-refractivity contribution in [2.75, 3.05) is 13.1 Å². The molecule has 2 atom stereocenters. The van der Waals surface area contributed by atoms with E-state index in [0.717, 1.165) is 16.5 Å². The van der Waals surface area contributed by atoms with Crippen LogP contribution in [0, 0.1) is 25.7 Å². The van der Waals surface area contributed by atoms with Crippen LogP contribution in [0.4, 0.5) is 0 Å². The maximum Gasteiger partial charge on any atom is 0.308 e. The molecule has 0 spiro atoms. The molecule has 3 rings (SSSR count). The lowest BCUT2D eigenvalue weighted by atomic mass is 9.90. The summed E-state index contributed by atoms with van der Waals surface area (Å²) in [5.74, 6) is -1.30. The molecular formula is C18H21NO4. The highest BCUT2D eigenvalue weighted by atomic mass is 16.4. The molecule has 1 amide bonds. The molecule has 1 N–H and O–H groups in total. The summed E-state index contributed by atoms with van der Waals surface area (Å²) >= 11 is 0. The van der Waals surface area contributed by atoms with Gasteiger partial charge in [0.15, 0.2) is 0 Å². The SMILES string of the molecule is Cc1cc2occ(C(=O)N3CC(C)CC(C(=O)O)C3)c2cc1C. The summed E-state index contributed by atoms with van der Waals surface area (Å²) in [5, 5.41) is 10.1. The third-order valence-corrected chi connectivity index (χ3v) is 4.72. The van der Waals surface area contributed by atoms with Crippen molar-refractivity contribution in [1.82, 2.24) is 4.90 Å². The molecule has 1 aromatic heterocycles. The van der Waals surface area contributed by atoms with Gasteiger partial charge in [-0.2, -0.15) is 0 Å². The Hall–Kier alpha value is -2.30. The molecule has 1 saturated heterocycles. The number of amides is 1. The number of fused-ring (bicyclic) bond motifs is 1. The van der Waals surface area contributed by atoms with Gasteiger partial charge in [0.2, 0.25) is 0 Å². The van der Waals surface area contributed by atoms with Crippen LogP contribution in [0.3, 0.4) is 0 Å². The summed E-state index contributed by atoms with van der Waals surface area (Å²) in [7, 11) is 0. The zero-order chi connectivity index (χ0) is 16.7. The lowest BCUT2D eigenvalue weighted by molar-refractivity contribution is -0.143. The number of nitrogens with zero attached hydrogens (tertiary/aromatic N) is 1. The van der Waals surface area contributed by atoms with Gasteiger partial charge in [0.25, 0.3) is 5.91 Å². The smallest absolute Gasteiger partial charge is 0.308 e. The topological polar surface area (TPSA) is 70.8 Å². The molecule has 122 valence electrons. The van der Waals surface area contributed by atoms with Crippen LogP contribution in [-0.2, 0) is 4.79 Å². The van der Waals surface area contributed by atoms with Crippen LogP contribution in [0.2, 0.25) is 0 Å².